The van der Waals surface area contributed by atoms with Crippen LogP contribution in [-0.4, -0.2) is 14.3 Å². The molecule has 2 aromatic rings. The number of nitrogens with one attached hydrogen (secondary N) is 1. The minimum absolute atomic E-state index is 0.107. The van der Waals surface area contributed by atoms with Crippen molar-refractivity contribution in [3.05, 3.63) is 58.1 Å². The van der Waals surface area contributed by atoms with Crippen LogP contribution in [0.2, 0.25) is 0 Å². The Morgan fingerprint density at radius 1 is 1.23 bits per heavy atom. The summed E-state index contributed by atoms with van der Waals surface area (Å²) in [7, 11) is -3.86. The van der Waals surface area contributed by atoms with Gasteiger partial charge in [0.15, 0.2) is 0 Å². The fraction of sp³-hybridized carbons (Fsp3) is 0.133. The molecule has 7 heteroatoms. The van der Waals surface area contributed by atoms with Crippen LogP contribution in [0.25, 0.3) is 0 Å². The average Bonchev–Trinajstić information content (AvgIpc) is 2.47. The fourth-order valence-electron chi connectivity index (χ4n) is 2.00. The maximum Gasteiger partial charge on any atom is 0.256 e. The number of halogens is 1. The van der Waals surface area contributed by atoms with E-state index >= 15 is 0 Å². The third-order valence-electron chi connectivity index (χ3n) is 3.16. The first-order chi connectivity index (χ1) is 10.3. The molecule has 0 aliphatic carbocycles. The van der Waals surface area contributed by atoms with Crippen LogP contribution in [0, 0.1) is 0 Å². The second-order valence-electron chi connectivity index (χ2n) is 4.65. The first kappa shape index (κ1) is 16.7. The van der Waals surface area contributed by atoms with Crippen molar-refractivity contribution in [2.75, 3.05) is 5.32 Å². The summed E-state index contributed by atoms with van der Waals surface area (Å²) in [5.41, 5.74) is 1.90. The number of amides is 1. The van der Waals surface area contributed by atoms with Crippen molar-refractivity contribution in [1.29, 1.82) is 0 Å². The Kier molecular flexibility index (Phi) is 5.00. The van der Waals surface area contributed by atoms with Gasteiger partial charge in [-0.25, -0.2) is 13.6 Å². The first-order valence-electron chi connectivity index (χ1n) is 6.54. The molecule has 1 amide bonds. The van der Waals surface area contributed by atoms with Crippen LogP contribution in [0.3, 0.4) is 0 Å². The van der Waals surface area contributed by atoms with Crippen molar-refractivity contribution in [1.82, 2.24) is 0 Å². The molecular weight excluding hydrogens is 368 g/mol. The maximum atomic E-state index is 12.4. The topological polar surface area (TPSA) is 89.3 Å². The smallest absolute Gasteiger partial charge is 0.256 e. The predicted octanol–water partition coefficient (Wildman–Crippen LogP) is 2.91. The number of aryl methyl sites for hydroxylation is 1. The molecule has 0 unspecified atom stereocenters. The highest BCUT2D eigenvalue weighted by atomic mass is 79.9. The second kappa shape index (κ2) is 6.60. The summed E-state index contributed by atoms with van der Waals surface area (Å²) in [6.07, 6.45) is 0.773. The van der Waals surface area contributed by atoms with Gasteiger partial charge in [0, 0.05) is 10.2 Å². The van der Waals surface area contributed by atoms with Gasteiger partial charge in [-0.1, -0.05) is 25.1 Å². The minimum atomic E-state index is -3.86. The van der Waals surface area contributed by atoms with Gasteiger partial charge >= 0.3 is 0 Å². The Bertz CT molecular complexity index is 819. The van der Waals surface area contributed by atoms with E-state index in [4.69, 9.17) is 5.14 Å². The van der Waals surface area contributed by atoms with Crippen LogP contribution in [0.4, 0.5) is 5.69 Å². The molecule has 0 aliphatic rings. The van der Waals surface area contributed by atoms with Crippen molar-refractivity contribution in [3.63, 3.8) is 0 Å². The lowest BCUT2D eigenvalue weighted by Gasteiger charge is -2.11. The van der Waals surface area contributed by atoms with Gasteiger partial charge in [-0.05, 0) is 52.2 Å². The van der Waals surface area contributed by atoms with Crippen LogP contribution in [0.15, 0.2) is 51.8 Å². The Morgan fingerprint density at radius 2 is 1.91 bits per heavy atom. The van der Waals surface area contributed by atoms with E-state index in [1.165, 1.54) is 18.2 Å². The summed E-state index contributed by atoms with van der Waals surface area (Å²) in [6.45, 7) is 1.99. The summed E-state index contributed by atoms with van der Waals surface area (Å²) in [4.78, 5) is 12.3. The van der Waals surface area contributed by atoms with Gasteiger partial charge in [0.25, 0.3) is 5.91 Å². The molecule has 2 aromatic carbocycles. The molecular formula is C15H15BrN2O3S. The van der Waals surface area contributed by atoms with Crippen LogP contribution >= 0.6 is 15.9 Å². The van der Waals surface area contributed by atoms with E-state index in [-0.39, 0.29) is 10.5 Å². The lowest BCUT2D eigenvalue weighted by molar-refractivity contribution is 0.102. The van der Waals surface area contributed by atoms with E-state index in [0.29, 0.717) is 10.2 Å². The van der Waals surface area contributed by atoms with Crippen molar-refractivity contribution >= 4 is 37.5 Å². The molecule has 5 nitrogen and oxygen atoms in total. The summed E-state index contributed by atoms with van der Waals surface area (Å²) in [5.74, 6) is -0.404. The van der Waals surface area contributed by atoms with E-state index < -0.39 is 15.9 Å². The van der Waals surface area contributed by atoms with Crippen molar-refractivity contribution in [2.45, 2.75) is 18.2 Å². The molecule has 0 fully saturated rings. The first-order valence-corrected chi connectivity index (χ1v) is 8.88. The van der Waals surface area contributed by atoms with Crippen LogP contribution < -0.4 is 10.5 Å². The van der Waals surface area contributed by atoms with Crippen LogP contribution in [-0.2, 0) is 16.4 Å². The molecule has 116 valence electrons. The number of benzene rings is 2. The van der Waals surface area contributed by atoms with Gasteiger partial charge in [-0.15, -0.1) is 0 Å². The Balaban J connectivity index is 2.38. The number of para-hydroxylation sites is 1. The fourth-order valence-corrected chi connectivity index (χ4v) is 2.96. The number of carbonyl (C=O) groups excluding carboxylic acids is 1. The molecule has 22 heavy (non-hydrogen) atoms. The molecule has 3 N–H and O–H groups in total. The molecule has 0 saturated heterocycles. The van der Waals surface area contributed by atoms with Crippen molar-refractivity contribution in [3.8, 4) is 0 Å². The zero-order valence-corrected chi connectivity index (χ0v) is 14.2. The second-order valence-corrected chi connectivity index (χ2v) is 7.07. The number of rotatable bonds is 4. The van der Waals surface area contributed by atoms with E-state index in [0.717, 1.165) is 12.0 Å². The van der Waals surface area contributed by atoms with E-state index in [2.05, 4.69) is 21.2 Å². The average molecular weight is 383 g/mol. The predicted molar refractivity (Wildman–Crippen MR) is 89.3 cm³/mol. The number of sulfonamides is 1. The quantitative estimate of drug-likeness (QED) is 0.851. The van der Waals surface area contributed by atoms with Gasteiger partial charge in [0.05, 0.1) is 10.5 Å². The minimum Gasteiger partial charge on any atom is -0.322 e. The molecule has 0 saturated carbocycles. The summed E-state index contributed by atoms with van der Waals surface area (Å²) < 4.78 is 23.3. The number of primary sulfonamides is 1. The molecule has 2 rings (SSSR count). The van der Waals surface area contributed by atoms with Gasteiger partial charge < -0.3 is 5.32 Å². The summed E-state index contributed by atoms with van der Waals surface area (Å²) >= 11 is 3.25. The van der Waals surface area contributed by atoms with Gasteiger partial charge in [-0.2, -0.15) is 0 Å². The zero-order valence-electron chi connectivity index (χ0n) is 11.8. The normalized spacial score (nSPS) is 11.2. The van der Waals surface area contributed by atoms with E-state index in [9.17, 15) is 13.2 Å². The third-order valence-corrected chi connectivity index (χ3v) is 4.76. The van der Waals surface area contributed by atoms with E-state index in [1.807, 2.05) is 25.1 Å². The molecule has 0 aliphatic heterocycles. The Morgan fingerprint density at radius 3 is 2.55 bits per heavy atom. The monoisotopic (exact) mass is 382 g/mol. The SMILES string of the molecule is CCc1ccccc1NC(=O)c1cc(S(N)(=O)=O)ccc1Br. The highest BCUT2D eigenvalue weighted by molar-refractivity contribution is 9.10. The van der Waals surface area contributed by atoms with E-state index in [1.54, 1.807) is 6.07 Å². The Labute approximate surface area is 137 Å². The lowest BCUT2D eigenvalue weighted by Crippen LogP contribution is -2.17. The van der Waals surface area contributed by atoms with Crippen molar-refractivity contribution in [2.24, 2.45) is 5.14 Å². The molecule has 0 aromatic heterocycles. The molecule has 0 radical (unpaired) electrons. The maximum absolute atomic E-state index is 12.4. The van der Waals surface area contributed by atoms with Crippen LogP contribution in [0.5, 0.6) is 0 Å². The van der Waals surface area contributed by atoms with Gasteiger partial charge in [-0.3, -0.25) is 4.79 Å². The lowest BCUT2D eigenvalue weighted by atomic mass is 10.1. The largest absolute Gasteiger partial charge is 0.322 e. The number of hydrogen-bond donors (Lipinski definition) is 2. The molecule has 0 spiro atoms. The summed E-state index contributed by atoms with van der Waals surface area (Å²) in [5, 5.41) is 7.89. The van der Waals surface area contributed by atoms with Gasteiger partial charge in [0.2, 0.25) is 10.0 Å². The van der Waals surface area contributed by atoms with Crippen LogP contribution in [0.1, 0.15) is 22.8 Å². The summed E-state index contributed by atoms with van der Waals surface area (Å²) in [6, 6.07) is 11.5. The number of nitrogens with two attached hydrogens (primary N) is 1. The highest BCUT2D eigenvalue weighted by Gasteiger charge is 2.16. The third kappa shape index (κ3) is 3.73. The number of hydrogen-bond acceptors (Lipinski definition) is 3. The molecule has 0 heterocycles. The van der Waals surface area contributed by atoms with Gasteiger partial charge in [0.1, 0.15) is 0 Å². The zero-order chi connectivity index (χ0) is 16.3. The van der Waals surface area contributed by atoms with Crippen molar-refractivity contribution < 1.29 is 13.2 Å². The number of anilines is 1. The molecule has 0 atom stereocenters. The number of carbonyl (C=O) groups is 1. The highest BCUT2D eigenvalue weighted by Crippen LogP contribution is 2.23. The Hall–Kier alpha value is -1.70. The standard InChI is InChI=1S/C15H15BrN2O3S/c1-2-10-5-3-4-6-14(10)18-15(19)12-9-11(22(17,20)21)7-8-13(12)16/h3-9H,2H2,1H3,(H,18,19)(H2,17,20,21). The molecule has 0 bridgehead atoms.